The van der Waals surface area contributed by atoms with Crippen molar-refractivity contribution in [3.05, 3.63) is 30.1 Å². The molecular formula is C20H25N5O2. The lowest BCUT2D eigenvalue weighted by Gasteiger charge is -2.38. The number of aromatic nitrogens is 2. The third-order valence-electron chi connectivity index (χ3n) is 4.45. The Morgan fingerprint density at radius 2 is 1.96 bits per heavy atom. The molecular weight excluding hydrogens is 342 g/mol. The van der Waals surface area contributed by atoms with E-state index < -0.39 is 11.7 Å². The number of anilines is 1. The summed E-state index contributed by atoms with van der Waals surface area (Å²) in [7, 11) is 0. The van der Waals surface area contributed by atoms with E-state index in [0.29, 0.717) is 29.1 Å². The number of hydrogen-bond acceptors (Lipinski definition) is 6. The zero-order chi connectivity index (χ0) is 19.6. The van der Waals surface area contributed by atoms with E-state index >= 15 is 0 Å². The van der Waals surface area contributed by atoms with Crippen LogP contribution in [0.15, 0.2) is 24.5 Å². The first-order valence-electron chi connectivity index (χ1n) is 9.15. The van der Waals surface area contributed by atoms with E-state index in [-0.39, 0.29) is 6.04 Å². The van der Waals surface area contributed by atoms with Crippen molar-refractivity contribution in [2.24, 2.45) is 5.92 Å². The Bertz CT molecular complexity index is 884. The number of piperidine rings is 1. The van der Waals surface area contributed by atoms with Gasteiger partial charge in [0.05, 0.1) is 11.3 Å². The van der Waals surface area contributed by atoms with Crippen molar-refractivity contribution < 1.29 is 9.53 Å². The van der Waals surface area contributed by atoms with Crippen LogP contribution in [0.1, 0.15) is 39.7 Å². The zero-order valence-electron chi connectivity index (χ0n) is 16.2. The summed E-state index contributed by atoms with van der Waals surface area (Å²) < 4.78 is 5.39. The number of carbonyl (C=O) groups is 1. The predicted molar refractivity (Wildman–Crippen MR) is 103 cm³/mol. The molecule has 1 aliphatic rings. The van der Waals surface area contributed by atoms with Gasteiger partial charge in [-0.3, -0.25) is 9.97 Å². The summed E-state index contributed by atoms with van der Waals surface area (Å²) in [6.07, 6.45) is 3.72. The van der Waals surface area contributed by atoms with Gasteiger partial charge in [-0.05, 0) is 45.2 Å². The average Bonchev–Trinajstić information content (AvgIpc) is 2.58. The number of benzene rings is 1. The summed E-state index contributed by atoms with van der Waals surface area (Å²) in [6, 6.07) is 5.84. The molecule has 2 heterocycles. The maximum atomic E-state index is 12.2. The molecule has 1 aromatic carbocycles. The first-order valence-corrected chi connectivity index (χ1v) is 9.15. The fourth-order valence-electron chi connectivity index (χ4n) is 3.52. The van der Waals surface area contributed by atoms with Crippen LogP contribution in [0.3, 0.4) is 0 Å². The second-order valence-corrected chi connectivity index (χ2v) is 8.09. The molecule has 1 amide bonds. The molecule has 0 saturated carbocycles. The topological polar surface area (TPSA) is 91.1 Å². The van der Waals surface area contributed by atoms with Crippen molar-refractivity contribution in [3.8, 4) is 6.07 Å². The van der Waals surface area contributed by atoms with Crippen molar-refractivity contribution in [1.82, 2.24) is 15.3 Å². The first kappa shape index (κ1) is 18.9. The van der Waals surface area contributed by atoms with Crippen LogP contribution in [-0.2, 0) is 4.74 Å². The smallest absolute Gasteiger partial charge is 0.407 e. The van der Waals surface area contributed by atoms with Crippen LogP contribution in [0.2, 0.25) is 0 Å². The number of nitrogens with zero attached hydrogens (tertiary/aromatic N) is 4. The molecule has 1 fully saturated rings. The Labute approximate surface area is 159 Å². The van der Waals surface area contributed by atoms with Gasteiger partial charge >= 0.3 is 6.09 Å². The number of nitrogens with one attached hydrogen (secondary N) is 1. The minimum absolute atomic E-state index is 0.0223. The van der Waals surface area contributed by atoms with Crippen molar-refractivity contribution in [3.63, 3.8) is 0 Å². The van der Waals surface area contributed by atoms with Gasteiger partial charge in [-0.15, -0.1) is 0 Å². The van der Waals surface area contributed by atoms with E-state index in [4.69, 9.17) is 4.74 Å². The SMILES string of the molecule is C[C@H]1C[C@@H](NC(=O)OC(C)(C)C)CN(c2ccc(C#N)c3nccnc23)C1. The predicted octanol–water partition coefficient (Wildman–Crippen LogP) is 3.24. The molecule has 0 spiro atoms. The number of hydrogen-bond donors (Lipinski definition) is 1. The van der Waals surface area contributed by atoms with Gasteiger partial charge in [-0.2, -0.15) is 5.26 Å². The molecule has 7 nitrogen and oxygen atoms in total. The van der Waals surface area contributed by atoms with Gasteiger partial charge < -0.3 is 15.0 Å². The Morgan fingerprint density at radius 3 is 2.63 bits per heavy atom. The number of fused-ring (bicyclic) bond motifs is 1. The van der Waals surface area contributed by atoms with Crippen LogP contribution < -0.4 is 10.2 Å². The summed E-state index contributed by atoms with van der Waals surface area (Å²) >= 11 is 0. The maximum Gasteiger partial charge on any atom is 0.407 e. The highest BCUT2D eigenvalue weighted by atomic mass is 16.6. The molecule has 0 unspecified atom stereocenters. The summed E-state index contributed by atoms with van der Waals surface area (Å²) in [5.41, 5.74) is 2.23. The lowest BCUT2D eigenvalue weighted by Crippen LogP contribution is -2.51. The van der Waals surface area contributed by atoms with Gasteiger partial charge in [0.1, 0.15) is 22.7 Å². The van der Waals surface area contributed by atoms with E-state index in [2.05, 4.69) is 33.2 Å². The van der Waals surface area contributed by atoms with Crippen molar-refractivity contribution >= 4 is 22.8 Å². The molecule has 1 aliphatic heterocycles. The van der Waals surface area contributed by atoms with Crippen LogP contribution in [-0.4, -0.2) is 40.8 Å². The second-order valence-electron chi connectivity index (χ2n) is 8.09. The lowest BCUT2D eigenvalue weighted by atomic mass is 9.95. The molecule has 0 bridgehead atoms. The van der Waals surface area contributed by atoms with Crippen LogP contribution in [0.5, 0.6) is 0 Å². The first-order chi connectivity index (χ1) is 12.8. The van der Waals surface area contributed by atoms with Gasteiger partial charge in [0.15, 0.2) is 0 Å². The lowest BCUT2D eigenvalue weighted by molar-refractivity contribution is 0.0495. The largest absolute Gasteiger partial charge is 0.444 e. The fourth-order valence-corrected chi connectivity index (χ4v) is 3.52. The van der Waals surface area contributed by atoms with E-state index in [9.17, 15) is 10.1 Å². The van der Waals surface area contributed by atoms with Crippen LogP contribution in [0.4, 0.5) is 10.5 Å². The van der Waals surface area contributed by atoms with E-state index in [1.165, 1.54) is 0 Å². The highest BCUT2D eigenvalue weighted by Gasteiger charge is 2.29. The van der Waals surface area contributed by atoms with Crippen molar-refractivity contribution in [2.75, 3.05) is 18.0 Å². The van der Waals surface area contributed by atoms with E-state index in [1.54, 1.807) is 18.5 Å². The second kappa shape index (κ2) is 7.39. The molecule has 7 heteroatoms. The van der Waals surface area contributed by atoms with Crippen molar-refractivity contribution in [1.29, 1.82) is 5.26 Å². The number of ether oxygens (including phenoxy) is 1. The number of rotatable bonds is 2. The summed E-state index contributed by atoms with van der Waals surface area (Å²) in [6.45, 7) is 9.22. The standard InChI is InChI=1S/C20H25N5O2/c1-13-9-15(24-19(26)27-20(2,3)4)12-25(11-13)16-6-5-14(10-21)17-18(16)23-8-7-22-17/h5-8,13,15H,9,11-12H2,1-4H3,(H,24,26)/t13-,15+/m0/s1. The summed E-state index contributed by atoms with van der Waals surface area (Å²) in [5, 5.41) is 12.3. The normalized spacial score (nSPS) is 20.2. The van der Waals surface area contributed by atoms with Gasteiger partial charge in [-0.1, -0.05) is 6.92 Å². The quantitative estimate of drug-likeness (QED) is 0.876. The van der Waals surface area contributed by atoms with E-state index in [1.807, 2.05) is 26.8 Å². The highest BCUT2D eigenvalue weighted by Crippen LogP contribution is 2.30. The summed E-state index contributed by atoms with van der Waals surface area (Å²) in [5.74, 6) is 0.390. The van der Waals surface area contributed by atoms with Crippen LogP contribution in [0.25, 0.3) is 11.0 Å². The molecule has 2 aromatic rings. The van der Waals surface area contributed by atoms with Crippen LogP contribution >= 0.6 is 0 Å². The molecule has 1 saturated heterocycles. The third kappa shape index (κ3) is 4.45. The average molecular weight is 367 g/mol. The highest BCUT2D eigenvalue weighted by molar-refractivity contribution is 5.92. The maximum absolute atomic E-state index is 12.2. The van der Waals surface area contributed by atoms with Gasteiger partial charge in [0, 0.05) is 31.5 Å². The van der Waals surface area contributed by atoms with Gasteiger partial charge in [0.25, 0.3) is 0 Å². The monoisotopic (exact) mass is 367 g/mol. The molecule has 1 aromatic heterocycles. The Balaban J connectivity index is 1.84. The molecule has 1 N–H and O–H groups in total. The molecule has 2 atom stereocenters. The zero-order valence-corrected chi connectivity index (χ0v) is 16.2. The minimum atomic E-state index is -0.525. The van der Waals surface area contributed by atoms with E-state index in [0.717, 1.165) is 18.7 Å². The van der Waals surface area contributed by atoms with Gasteiger partial charge in [-0.25, -0.2) is 4.79 Å². The van der Waals surface area contributed by atoms with Crippen molar-refractivity contribution in [2.45, 2.75) is 45.8 Å². The summed E-state index contributed by atoms with van der Waals surface area (Å²) in [4.78, 5) is 23.2. The number of carbonyl (C=O) groups excluding carboxylic acids is 1. The molecule has 142 valence electrons. The minimum Gasteiger partial charge on any atom is -0.444 e. The molecule has 27 heavy (non-hydrogen) atoms. The number of amides is 1. The third-order valence-corrected chi connectivity index (χ3v) is 4.45. The van der Waals surface area contributed by atoms with Gasteiger partial charge in [0.2, 0.25) is 0 Å². The molecule has 0 radical (unpaired) electrons. The Kier molecular flexibility index (Phi) is 5.17. The van der Waals surface area contributed by atoms with Crippen LogP contribution in [0, 0.1) is 17.2 Å². The Hall–Kier alpha value is -2.88. The molecule has 3 rings (SSSR count). The number of alkyl carbamates (subject to hydrolysis) is 1. The molecule has 0 aliphatic carbocycles. The number of nitriles is 1. The fraction of sp³-hybridized carbons (Fsp3) is 0.500. The Morgan fingerprint density at radius 1 is 1.26 bits per heavy atom.